The Balaban J connectivity index is 2.51. The average Bonchev–Trinajstić information content (AvgIpc) is 2.34. The van der Waals surface area contributed by atoms with Gasteiger partial charge in [0, 0.05) is 0 Å². The van der Waals surface area contributed by atoms with E-state index in [1.807, 2.05) is 0 Å². The zero-order chi connectivity index (χ0) is 14.3. The first-order valence-electron chi connectivity index (χ1n) is 5.54. The van der Waals surface area contributed by atoms with Crippen LogP contribution in [0.2, 0.25) is 0 Å². The van der Waals surface area contributed by atoms with E-state index in [0.717, 1.165) is 0 Å². The molecule has 0 saturated heterocycles. The third-order valence-electron chi connectivity index (χ3n) is 3.02. The Morgan fingerprint density at radius 2 is 1.47 bits per heavy atom. The van der Waals surface area contributed by atoms with E-state index < -0.39 is 21.2 Å². The predicted octanol–water partition coefficient (Wildman–Crippen LogP) is -0.859. The van der Waals surface area contributed by atoms with Crippen molar-refractivity contribution in [2.45, 2.75) is 16.2 Å². The summed E-state index contributed by atoms with van der Waals surface area (Å²) in [6.45, 7) is 0. The number of allylic oxidation sites excluding steroid dienone is 1. The van der Waals surface area contributed by atoms with Crippen molar-refractivity contribution in [1.29, 1.82) is 0 Å². The van der Waals surface area contributed by atoms with Crippen molar-refractivity contribution in [2.75, 3.05) is 0 Å². The fourth-order valence-corrected chi connectivity index (χ4v) is 3.06. The van der Waals surface area contributed by atoms with Gasteiger partial charge in [-0.05, 0) is 30.4 Å². The number of hydrogen-bond acceptors (Lipinski definition) is 6. The van der Waals surface area contributed by atoms with Gasteiger partial charge in [-0.25, -0.2) is 8.42 Å². The van der Waals surface area contributed by atoms with E-state index in [4.69, 9.17) is 22.9 Å². The summed E-state index contributed by atoms with van der Waals surface area (Å²) in [6.07, 6.45) is 3.79. The molecule has 0 amide bonds. The van der Waals surface area contributed by atoms with Gasteiger partial charge in [-0.3, -0.25) is 0 Å². The lowest BCUT2D eigenvalue weighted by Crippen LogP contribution is -2.75. The van der Waals surface area contributed by atoms with Crippen molar-refractivity contribution >= 4 is 9.84 Å². The number of rotatable bonds is 2. The maximum absolute atomic E-state index is 12.4. The summed E-state index contributed by atoms with van der Waals surface area (Å²) in [4.78, 5) is 0.137. The minimum atomic E-state index is -3.68. The highest BCUT2D eigenvalue weighted by Gasteiger charge is 2.40. The summed E-state index contributed by atoms with van der Waals surface area (Å²) in [7, 11) is -3.68. The zero-order valence-electron chi connectivity index (χ0n) is 10.2. The molecule has 0 atom stereocenters. The molecule has 19 heavy (non-hydrogen) atoms. The lowest BCUT2D eigenvalue weighted by Gasteiger charge is -2.38. The highest BCUT2D eigenvalue weighted by atomic mass is 32.2. The van der Waals surface area contributed by atoms with Crippen LogP contribution in [-0.2, 0) is 9.84 Å². The molecule has 0 aliphatic heterocycles. The van der Waals surface area contributed by atoms with Crippen LogP contribution >= 0.6 is 0 Å². The van der Waals surface area contributed by atoms with E-state index in [9.17, 15) is 8.42 Å². The summed E-state index contributed by atoms with van der Waals surface area (Å²) in [6, 6.07) is 7.98. The maximum Gasteiger partial charge on any atom is 0.206 e. The zero-order valence-corrected chi connectivity index (χ0v) is 11.0. The SMILES string of the molecule is NC1(N)C=CC(S(=O)(=O)c2ccccc2)=CC1(N)N. The van der Waals surface area contributed by atoms with E-state index in [2.05, 4.69) is 0 Å². The molecule has 1 aromatic carbocycles. The van der Waals surface area contributed by atoms with Crippen LogP contribution in [-0.4, -0.2) is 19.7 Å². The van der Waals surface area contributed by atoms with E-state index in [1.54, 1.807) is 18.2 Å². The van der Waals surface area contributed by atoms with Crippen molar-refractivity contribution in [3.63, 3.8) is 0 Å². The normalized spacial score (nSPS) is 20.9. The Labute approximate surface area is 111 Å². The van der Waals surface area contributed by atoms with Crippen molar-refractivity contribution in [3.05, 3.63) is 53.5 Å². The van der Waals surface area contributed by atoms with Crippen molar-refractivity contribution in [2.24, 2.45) is 22.9 Å². The lowest BCUT2D eigenvalue weighted by atomic mass is 9.91. The number of hydrogen-bond donors (Lipinski definition) is 4. The molecule has 0 aromatic heterocycles. The Bertz CT molecular complexity index is 646. The van der Waals surface area contributed by atoms with E-state index >= 15 is 0 Å². The summed E-state index contributed by atoms with van der Waals surface area (Å²) < 4.78 is 24.7. The van der Waals surface area contributed by atoms with Crippen LogP contribution in [0.15, 0.2) is 58.4 Å². The molecule has 0 radical (unpaired) electrons. The number of benzene rings is 1. The van der Waals surface area contributed by atoms with E-state index in [1.165, 1.54) is 30.4 Å². The van der Waals surface area contributed by atoms with E-state index in [-0.39, 0.29) is 9.80 Å². The van der Waals surface area contributed by atoms with Gasteiger partial charge in [0.1, 0.15) is 11.3 Å². The first-order valence-corrected chi connectivity index (χ1v) is 7.03. The van der Waals surface area contributed by atoms with Gasteiger partial charge in [-0.15, -0.1) is 0 Å². The smallest absolute Gasteiger partial charge is 0.206 e. The maximum atomic E-state index is 12.4. The van der Waals surface area contributed by atoms with Gasteiger partial charge >= 0.3 is 0 Å². The second kappa shape index (κ2) is 4.26. The quantitative estimate of drug-likeness (QED) is 0.520. The molecule has 7 heteroatoms. The Morgan fingerprint density at radius 1 is 0.895 bits per heavy atom. The molecular weight excluding hydrogens is 264 g/mol. The molecule has 0 heterocycles. The summed E-state index contributed by atoms with van der Waals surface area (Å²) in [5, 5.41) is 0. The summed E-state index contributed by atoms with van der Waals surface area (Å²) in [5.74, 6) is 0. The molecule has 0 fully saturated rings. The van der Waals surface area contributed by atoms with Gasteiger partial charge < -0.3 is 22.9 Å². The minimum Gasteiger partial charge on any atom is -0.307 e. The molecule has 0 spiro atoms. The lowest BCUT2D eigenvalue weighted by molar-refractivity contribution is 0.347. The van der Waals surface area contributed by atoms with Crippen molar-refractivity contribution in [3.8, 4) is 0 Å². The highest BCUT2D eigenvalue weighted by molar-refractivity contribution is 7.95. The molecule has 1 aliphatic rings. The van der Waals surface area contributed by atoms with Crippen LogP contribution in [0.1, 0.15) is 0 Å². The second-order valence-electron chi connectivity index (χ2n) is 4.56. The van der Waals surface area contributed by atoms with Crippen molar-refractivity contribution < 1.29 is 8.42 Å². The molecule has 102 valence electrons. The molecule has 2 rings (SSSR count). The molecule has 0 saturated carbocycles. The fraction of sp³-hybridized carbons (Fsp3) is 0.167. The number of sulfone groups is 1. The number of nitrogens with two attached hydrogens (primary N) is 4. The van der Waals surface area contributed by atoms with Crippen LogP contribution in [0.5, 0.6) is 0 Å². The molecule has 8 N–H and O–H groups in total. The van der Waals surface area contributed by atoms with Gasteiger partial charge in [0.05, 0.1) is 9.80 Å². The predicted molar refractivity (Wildman–Crippen MR) is 73.1 cm³/mol. The van der Waals surface area contributed by atoms with Gasteiger partial charge in [-0.2, -0.15) is 0 Å². The van der Waals surface area contributed by atoms with Crippen LogP contribution in [0.3, 0.4) is 0 Å². The summed E-state index contributed by atoms with van der Waals surface area (Å²) in [5.41, 5.74) is 19.8. The Kier molecular flexibility index (Phi) is 3.12. The van der Waals surface area contributed by atoms with Gasteiger partial charge in [0.15, 0.2) is 0 Å². The molecule has 1 aliphatic carbocycles. The van der Waals surface area contributed by atoms with Crippen LogP contribution in [0, 0.1) is 0 Å². The third-order valence-corrected chi connectivity index (χ3v) is 4.79. The molecule has 0 bridgehead atoms. The first-order chi connectivity index (χ1) is 8.67. The monoisotopic (exact) mass is 280 g/mol. The molecular formula is C12H16N4O2S. The van der Waals surface area contributed by atoms with Crippen LogP contribution in [0.4, 0.5) is 0 Å². The summed E-state index contributed by atoms with van der Waals surface area (Å²) >= 11 is 0. The van der Waals surface area contributed by atoms with Crippen LogP contribution < -0.4 is 22.9 Å². The van der Waals surface area contributed by atoms with Crippen molar-refractivity contribution in [1.82, 2.24) is 0 Å². The largest absolute Gasteiger partial charge is 0.307 e. The first kappa shape index (κ1) is 13.9. The Morgan fingerprint density at radius 3 is 2.00 bits per heavy atom. The fourth-order valence-electron chi connectivity index (χ4n) is 1.68. The second-order valence-corrected chi connectivity index (χ2v) is 6.51. The van der Waals surface area contributed by atoms with Crippen LogP contribution in [0.25, 0.3) is 0 Å². The topological polar surface area (TPSA) is 138 Å². The Hall–Kier alpha value is -1.51. The highest BCUT2D eigenvalue weighted by Crippen LogP contribution is 2.27. The molecule has 0 unspecified atom stereocenters. The molecule has 6 nitrogen and oxygen atoms in total. The van der Waals surface area contributed by atoms with Gasteiger partial charge in [-0.1, -0.05) is 18.2 Å². The van der Waals surface area contributed by atoms with Gasteiger partial charge in [0.25, 0.3) is 0 Å². The standard InChI is InChI=1S/C12H16N4O2S/c13-11(14)7-6-10(8-12(11,15)16)19(17,18)9-4-2-1-3-5-9/h1-8H,13-16H2. The third kappa shape index (κ3) is 2.34. The van der Waals surface area contributed by atoms with Gasteiger partial charge in [0.2, 0.25) is 9.84 Å². The average molecular weight is 280 g/mol. The molecule has 1 aromatic rings. The van der Waals surface area contributed by atoms with E-state index in [0.29, 0.717) is 0 Å². The minimum absolute atomic E-state index is 0.0183.